The highest BCUT2D eigenvalue weighted by atomic mass is 32.2. The summed E-state index contributed by atoms with van der Waals surface area (Å²) in [6.45, 7) is 0.400. The highest BCUT2D eigenvalue weighted by Gasteiger charge is 2.36. The zero-order valence-electron chi connectivity index (χ0n) is 13.3. The molecule has 0 aromatic heterocycles. The van der Waals surface area contributed by atoms with Crippen molar-refractivity contribution in [1.82, 2.24) is 9.21 Å². The number of likely N-dealkylation sites (tertiary alicyclic amines) is 1. The van der Waals surface area contributed by atoms with Crippen LogP contribution in [0, 0.1) is 0 Å². The van der Waals surface area contributed by atoms with Crippen molar-refractivity contribution in [2.45, 2.75) is 24.6 Å². The normalized spacial score (nSPS) is 23.0. The van der Waals surface area contributed by atoms with E-state index in [1.54, 1.807) is 11.8 Å². The lowest BCUT2D eigenvalue weighted by Gasteiger charge is -2.27. The Morgan fingerprint density at radius 1 is 1.08 bits per heavy atom. The maximum atomic E-state index is 12.7. The van der Waals surface area contributed by atoms with Crippen LogP contribution < -0.4 is 0 Å². The van der Waals surface area contributed by atoms with Crippen molar-refractivity contribution >= 4 is 33.6 Å². The number of piperidine rings is 1. The summed E-state index contributed by atoms with van der Waals surface area (Å²) in [7, 11) is -3.54. The van der Waals surface area contributed by atoms with Gasteiger partial charge in [0.1, 0.15) is 0 Å². The molecule has 0 bridgehead atoms. The molecule has 0 aliphatic carbocycles. The number of hydrogen-bond acceptors (Lipinski definition) is 5. The molecular formula is C16H20N2O4S2. The van der Waals surface area contributed by atoms with Crippen molar-refractivity contribution in [3.8, 4) is 0 Å². The topological polar surface area (TPSA) is 74.8 Å². The second-order valence-electron chi connectivity index (χ2n) is 5.85. The Morgan fingerprint density at radius 2 is 1.75 bits per heavy atom. The Labute approximate surface area is 146 Å². The summed E-state index contributed by atoms with van der Waals surface area (Å²) in [6, 6.07) is 9.52. The zero-order valence-corrected chi connectivity index (χ0v) is 14.9. The fraction of sp³-hybridized carbons (Fsp3) is 0.500. The second kappa shape index (κ2) is 7.25. The summed E-state index contributed by atoms with van der Waals surface area (Å²) in [5.74, 6) is -0.0110. The lowest BCUT2D eigenvalue weighted by Crippen LogP contribution is -2.44. The Kier molecular flexibility index (Phi) is 5.27. The first-order chi connectivity index (χ1) is 11.5. The van der Waals surface area contributed by atoms with E-state index in [9.17, 15) is 18.0 Å². The lowest BCUT2D eigenvalue weighted by atomic mass is 10.1. The number of sulfonamides is 1. The van der Waals surface area contributed by atoms with Gasteiger partial charge in [0, 0.05) is 31.7 Å². The monoisotopic (exact) mass is 368 g/mol. The van der Waals surface area contributed by atoms with Gasteiger partial charge in [0.15, 0.2) is 0 Å². The van der Waals surface area contributed by atoms with Gasteiger partial charge in [-0.3, -0.25) is 14.5 Å². The van der Waals surface area contributed by atoms with E-state index in [-0.39, 0.29) is 29.5 Å². The Bertz CT molecular complexity index is 705. The van der Waals surface area contributed by atoms with E-state index >= 15 is 0 Å². The van der Waals surface area contributed by atoms with Gasteiger partial charge in [0.05, 0.1) is 11.1 Å². The molecule has 0 radical (unpaired) electrons. The van der Waals surface area contributed by atoms with Gasteiger partial charge in [-0.05, 0) is 12.0 Å². The van der Waals surface area contributed by atoms with Crippen molar-refractivity contribution in [2.75, 3.05) is 24.6 Å². The fourth-order valence-electron chi connectivity index (χ4n) is 2.99. The number of carbonyl (C=O) groups is 2. The number of imide groups is 1. The molecule has 1 unspecified atom stereocenters. The predicted molar refractivity (Wildman–Crippen MR) is 92.7 cm³/mol. The van der Waals surface area contributed by atoms with E-state index in [2.05, 4.69) is 0 Å². The molecule has 2 amide bonds. The largest absolute Gasteiger partial charge is 0.282 e. The Balaban J connectivity index is 1.70. The highest BCUT2D eigenvalue weighted by Crippen LogP contribution is 2.39. The van der Waals surface area contributed by atoms with Crippen molar-refractivity contribution < 1.29 is 18.0 Å². The molecule has 1 aromatic carbocycles. The molecule has 130 valence electrons. The van der Waals surface area contributed by atoms with Crippen molar-refractivity contribution in [3.05, 3.63) is 35.9 Å². The summed E-state index contributed by atoms with van der Waals surface area (Å²) in [5.41, 5.74) is 0.953. The Hall–Kier alpha value is -1.38. The van der Waals surface area contributed by atoms with Crippen LogP contribution in [0.25, 0.3) is 0 Å². The van der Waals surface area contributed by atoms with Gasteiger partial charge in [0.2, 0.25) is 21.8 Å². The van der Waals surface area contributed by atoms with Gasteiger partial charge >= 0.3 is 0 Å². The fourth-order valence-corrected chi connectivity index (χ4v) is 6.26. The number of carbonyl (C=O) groups excluding carboxylic acids is 2. The van der Waals surface area contributed by atoms with Crippen LogP contribution in [0.4, 0.5) is 0 Å². The van der Waals surface area contributed by atoms with Crippen LogP contribution in [0.5, 0.6) is 0 Å². The summed E-state index contributed by atoms with van der Waals surface area (Å²) in [6.07, 6.45) is 1.19. The number of thioether (sulfide) groups is 1. The third-order valence-corrected chi connectivity index (χ3v) is 7.45. The van der Waals surface area contributed by atoms with Crippen LogP contribution in [-0.2, 0) is 19.6 Å². The van der Waals surface area contributed by atoms with E-state index in [4.69, 9.17) is 0 Å². The predicted octanol–water partition coefficient (Wildman–Crippen LogP) is 1.60. The van der Waals surface area contributed by atoms with Crippen LogP contribution in [0.2, 0.25) is 0 Å². The van der Waals surface area contributed by atoms with E-state index in [1.807, 2.05) is 30.3 Å². The second-order valence-corrected chi connectivity index (χ2v) is 9.08. The number of nitrogens with zero attached hydrogens (tertiary/aromatic N) is 2. The van der Waals surface area contributed by atoms with Gasteiger partial charge in [-0.1, -0.05) is 30.3 Å². The molecule has 8 heteroatoms. The molecule has 24 heavy (non-hydrogen) atoms. The molecule has 3 rings (SSSR count). The van der Waals surface area contributed by atoms with Crippen LogP contribution in [0.15, 0.2) is 30.3 Å². The molecule has 0 spiro atoms. The molecule has 1 atom stereocenters. The molecule has 0 N–H and O–H groups in total. The first kappa shape index (κ1) is 17.4. The van der Waals surface area contributed by atoms with Gasteiger partial charge in [-0.25, -0.2) is 8.42 Å². The highest BCUT2D eigenvalue weighted by molar-refractivity contribution is 8.00. The van der Waals surface area contributed by atoms with Gasteiger partial charge in [-0.2, -0.15) is 4.31 Å². The molecular weight excluding hydrogens is 348 g/mol. The number of benzene rings is 1. The molecule has 1 aromatic rings. The number of rotatable bonds is 5. The number of amides is 2. The minimum atomic E-state index is -3.54. The first-order valence-electron chi connectivity index (χ1n) is 7.98. The molecule has 2 saturated heterocycles. The summed E-state index contributed by atoms with van der Waals surface area (Å²) in [4.78, 5) is 24.7. The molecule has 6 nitrogen and oxygen atoms in total. The standard InChI is InChI=1S/C16H20N2O4S2/c19-14-7-4-8-15(20)17(14)10-12-24(21,22)18-9-11-23-16(18)13-5-2-1-3-6-13/h1-3,5-6,16H,4,7-12H2. The van der Waals surface area contributed by atoms with Crippen LogP contribution >= 0.6 is 11.8 Å². The van der Waals surface area contributed by atoms with Crippen LogP contribution in [0.1, 0.15) is 30.2 Å². The minimum absolute atomic E-state index is 0.0529. The maximum absolute atomic E-state index is 12.7. The summed E-state index contributed by atoms with van der Waals surface area (Å²) < 4.78 is 27.0. The molecule has 2 aliphatic rings. The molecule has 0 saturated carbocycles. The number of hydrogen-bond donors (Lipinski definition) is 0. The van der Waals surface area contributed by atoms with Gasteiger partial charge < -0.3 is 0 Å². The minimum Gasteiger partial charge on any atom is -0.282 e. The van der Waals surface area contributed by atoms with Crippen molar-refractivity contribution in [1.29, 1.82) is 0 Å². The van der Waals surface area contributed by atoms with E-state index < -0.39 is 10.0 Å². The van der Waals surface area contributed by atoms with Crippen molar-refractivity contribution in [3.63, 3.8) is 0 Å². The average Bonchev–Trinajstić information content (AvgIpc) is 3.06. The quantitative estimate of drug-likeness (QED) is 0.738. The van der Waals surface area contributed by atoms with Gasteiger partial charge in [0.25, 0.3) is 0 Å². The van der Waals surface area contributed by atoms with Crippen molar-refractivity contribution in [2.24, 2.45) is 0 Å². The zero-order chi connectivity index (χ0) is 17.2. The SMILES string of the molecule is O=C1CCCC(=O)N1CCS(=O)(=O)N1CCSC1c1ccccc1. The smallest absolute Gasteiger partial charge is 0.229 e. The van der Waals surface area contributed by atoms with Crippen LogP contribution in [-0.4, -0.2) is 54.0 Å². The third-order valence-electron chi connectivity index (χ3n) is 4.25. The first-order valence-corrected chi connectivity index (χ1v) is 10.6. The molecule has 2 fully saturated rings. The van der Waals surface area contributed by atoms with Gasteiger partial charge in [-0.15, -0.1) is 11.8 Å². The lowest BCUT2D eigenvalue weighted by molar-refractivity contribution is -0.147. The summed E-state index contributed by atoms with van der Waals surface area (Å²) in [5, 5.41) is -0.232. The molecule has 2 heterocycles. The molecule has 2 aliphatic heterocycles. The van der Waals surface area contributed by atoms with E-state index in [0.717, 1.165) is 16.2 Å². The third kappa shape index (κ3) is 3.65. The van der Waals surface area contributed by atoms with Crippen LogP contribution in [0.3, 0.4) is 0 Å². The summed E-state index contributed by atoms with van der Waals surface area (Å²) >= 11 is 1.59. The average molecular weight is 368 g/mol. The van der Waals surface area contributed by atoms with E-state index in [1.165, 1.54) is 4.31 Å². The maximum Gasteiger partial charge on any atom is 0.229 e. The van der Waals surface area contributed by atoms with E-state index in [0.29, 0.717) is 25.8 Å². The Morgan fingerprint density at radius 3 is 2.42 bits per heavy atom.